The van der Waals surface area contributed by atoms with Crippen LogP contribution in [0.1, 0.15) is 32.0 Å². The Morgan fingerprint density at radius 1 is 1.14 bits per heavy atom. The Morgan fingerprint density at radius 3 is 2.36 bits per heavy atom. The molecule has 2 N–H and O–H groups in total. The average Bonchev–Trinajstić information content (AvgIpc) is 3.01. The molecule has 1 aliphatic heterocycles. The van der Waals surface area contributed by atoms with Crippen molar-refractivity contribution in [2.75, 3.05) is 18.0 Å². The third kappa shape index (κ3) is 4.30. The van der Waals surface area contributed by atoms with Gasteiger partial charge in [-0.2, -0.15) is 5.26 Å². The lowest BCUT2D eigenvalue weighted by Crippen LogP contribution is -2.42. The molecule has 1 aromatic heterocycles. The van der Waals surface area contributed by atoms with E-state index in [2.05, 4.69) is 35.7 Å². The number of sulfonamides is 1. The van der Waals surface area contributed by atoms with Gasteiger partial charge >= 0.3 is 0 Å². The van der Waals surface area contributed by atoms with Crippen LogP contribution in [0.2, 0.25) is 0 Å². The highest BCUT2D eigenvalue weighted by Gasteiger charge is 2.35. The maximum absolute atomic E-state index is 12.7. The molecule has 9 heteroatoms. The second kappa shape index (κ2) is 7.47. The van der Waals surface area contributed by atoms with Crippen molar-refractivity contribution in [1.29, 1.82) is 5.26 Å². The van der Waals surface area contributed by atoms with E-state index in [1.807, 2.05) is 6.07 Å². The van der Waals surface area contributed by atoms with Gasteiger partial charge in [0.15, 0.2) is 11.5 Å². The zero-order chi connectivity index (χ0) is 20.5. The molecule has 2 aromatic rings. The zero-order valence-electron chi connectivity index (χ0n) is 16.0. The van der Waals surface area contributed by atoms with Crippen LogP contribution in [-0.2, 0) is 15.4 Å². The topological polar surface area (TPSA) is 119 Å². The molecular formula is C19H23N5O3S. The summed E-state index contributed by atoms with van der Waals surface area (Å²) in [4.78, 5) is 1.89. The molecule has 148 valence electrons. The number of anilines is 1. The molecule has 0 amide bonds. The van der Waals surface area contributed by atoms with Crippen molar-refractivity contribution in [2.45, 2.75) is 43.2 Å². The van der Waals surface area contributed by atoms with Crippen molar-refractivity contribution >= 4 is 15.8 Å². The van der Waals surface area contributed by atoms with E-state index < -0.39 is 22.2 Å². The van der Waals surface area contributed by atoms with Crippen molar-refractivity contribution in [2.24, 2.45) is 0 Å². The molecule has 2 heterocycles. The van der Waals surface area contributed by atoms with Gasteiger partial charge in [0.25, 0.3) is 0 Å². The molecule has 1 aliphatic rings. The first-order valence-electron chi connectivity index (χ1n) is 8.90. The second-order valence-corrected chi connectivity index (χ2v) is 9.58. The highest BCUT2D eigenvalue weighted by atomic mass is 32.2. The van der Waals surface area contributed by atoms with Crippen molar-refractivity contribution in [3.8, 4) is 6.07 Å². The zero-order valence-corrected chi connectivity index (χ0v) is 16.8. The molecule has 2 atom stereocenters. The summed E-state index contributed by atoms with van der Waals surface area (Å²) in [6.45, 7) is 6.65. The minimum Gasteiger partial charge on any atom is -0.390 e. The standard InChI is InChI=1S/C19H23N5O3S/c1-19(2,3)13-4-7-15(8-5-13)28(26,27)23-16-11-24(12-17(16)25)18-9-6-14(10-20)21-22-18/h4-9,16-17,23,25H,11-12H2,1-3H3/t16-,17-/m0/s1. The van der Waals surface area contributed by atoms with E-state index in [1.54, 1.807) is 35.2 Å². The van der Waals surface area contributed by atoms with E-state index in [1.165, 1.54) is 6.07 Å². The van der Waals surface area contributed by atoms with Crippen LogP contribution in [-0.4, -0.2) is 49.0 Å². The molecule has 0 unspecified atom stereocenters. The van der Waals surface area contributed by atoms with Crippen LogP contribution in [0, 0.1) is 11.3 Å². The number of hydrogen-bond acceptors (Lipinski definition) is 7. The third-order valence-electron chi connectivity index (χ3n) is 4.72. The van der Waals surface area contributed by atoms with Crippen molar-refractivity contribution in [1.82, 2.24) is 14.9 Å². The molecular weight excluding hydrogens is 378 g/mol. The Labute approximate surface area is 164 Å². The lowest BCUT2D eigenvalue weighted by atomic mass is 9.87. The predicted molar refractivity (Wildman–Crippen MR) is 104 cm³/mol. The first-order chi connectivity index (χ1) is 13.1. The summed E-state index contributed by atoms with van der Waals surface area (Å²) in [7, 11) is -3.77. The van der Waals surface area contributed by atoms with Gasteiger partial charge in [0.1, 0.15) is 6.07 Å². The average molecular weight is 401 g/mol. The van der Waals surface area contributed by atoms with Gasteiger partial charge in [-0.05, 0) is 35.2 Å². The number of hydrogen-bond donors (Lipinski definition) is 2. The quantitative estimate of drug-likeness (QED) is 0.789. The minimum absolute atomic E-state index is 0.0694. The number of nitrogens with one attached hydrogen (secondary N) is 1. The number of nitrogens with zero attached hydrogens (tertiary/aromatic N) is 4. The highest BCUT2D eigenvalue weighted by Crippen LogP contribution is 2.24. The van der Waals surface area contributed by atoms with Crippen LogP contribution >= 0.6 is 0 Å². The predicted octanol–water partition coefficient (Wildman–Crippen LogP) is 1.17. The summed E-state index contributed by atoms with van der Waals surface area (Å²) >= 11 is 0. The van der Waals surface area contributed by atoms with E-state index in [4.69, 9.17) is 5.26 Å². The van der Waals surface area contributed by atoms with Gasteiger partial charge in [-0.15, -0.1) is 10.2 Å². The summed E-state index contributed by atoms with van der Waals surface area (Å²) in [5.41, 5.74) is 1.16. The van der Waals surface area contributed by atoms with Gasteiger partial charge in [-0.3, -0.25) is 0 Å². The van der Waals surface area contributed by atoms with Crippen LogP contribution in [0.3, 0.4) is 0 Å². The molecule has 8 nitrogen and oxygen atoms in total. The van der Waals surface area contributed by atoms with E-state index in [9.17, 15) is 13.5 Å². The maximum Gasteiger partial charge on any atom is 0.240 e. The van der Waals surface area contributed by atoms with E-state index >= 15 is 0 Å². The van der Waals surface area contributed by atoms with Crippen LogP contribution in [0.5, 0.6) is 0 Å². The van der Waals surface area contributed by atoms with Gasteiger partial charge in [-0.1, -0.05) is 32.9 Å². The monoisotopic (exact) mass is 401 g/mol. The summed E-state index contributed by atoms with van der Waals surface area (Å²) in [6, 6.07) is 11.1. The first kappa shape index (κ1) is 20.2. The number of aliphatic hydroxyl groups is 1. The van der Waals surface area contributed by atoms with Gasteiger partial charge < -0.3 is 10.0 Å². The van der Waals surface area contributed by atoms with Crippen LogP contribution in [0.4, 0.5) is 5.82 Å². The largest absolute Gasteiger partial charge is 0.390 e. The summed E-state index contributed by atoms with van der Waals surface area (Å²) in [6.07, 6.45) is -0.888. The minimum atomic E-state index is -3.77. The molecule has 1 saturated heterocycles. The Morgan fingerprint density at radius 2 is 1.82 bits per heavy atom. The van der Waals surface area contributed by atoms with Gasteiger partial charge in [0.05, 0.1) is 17.0 Å². The molecule has 1 fully saturated rings. The van der Waals surface area contributed by atoms with E-state index in [0.717, 1.165) is 5.56 Å². The van der Waals surface area contributed by atoms with Gasteiger partial charge in [0, 0.05) is 13.1 Å². The van der Waals surface area contributed by atoms with E-state index in [0.29, 0.717) is 5.82 Å². The third-order valence-corrected chi connectivity index (χ3v) is 6.22. The normalized spacial score (nSPS) is 20.2. The molecule has 0 radical (unpaired) electrons. The van der Waals surface area contributed by atoms with Crippen LogP contribution in [0.25, 0.3) is 0 Å². The molecule has 3 rings (SSSR count). The number of rotatable bonds is 4. The van der Waals surface area contributed by atoms with Gasteiger partial charge in [-0.25, -0.2) is 13.1 Å². The van der Waals surface area contributed by atoms with Crippen molar-refractivity contribution in [3.63, 3.8) is 0 Å². The SMILES string of the molecule is CC(C)(C)c1ccc(S(=O)(=O)N[C@H]2CN(c3ccc(C#N)nn3)C[C@@H]2O)cc1. The number of aliphatic hydroxyl groups excluding tert-OH is 1. The molecule has 1 aromatic carbocycles. The highest BCUT2D eigenvalue weighted by molar-refractivity contribution is 7.89. The Bertz CT molecular complexity index is 976. The number of benzene rings is 1. The van der Waals surface area contributed by atoms with Crippen LogP contribution < -0.4 is 9.62 Å². The fourth-order valence-corrected chi connectivity index (χ4v) is 4.31. The van der Waals surface area contributed by atoms with E-state index in [-0.39, 0.29) is 29.1 Å². The Hall–Kier alpha value is -2.54. The summed E-state index contributed by atoms with van der Waals surface area (Å²) in [5, 5.41) is 26.8. The smallest absolute Gasteiger partial charge is 0.240 e. The van der Waals surface area contributed by atoms with Crippen LogP contribution in [0.15, 0.2) is 41.3 Å². The number of aromatic nitrogens is 2. The molecule has 0 saturated carbocycles. The fourth-order valence-electron chi connectivity index (χ4n) is 3.04. The maximum atomic E-state index is 12.7. The second-order valence-electron chi connectivity index (χ2n) is 7.86. The van der Waals surface area contributed by atoms with Crippen molar-refractivity contribution < 1.29 is 13.5 Å². The lowest BCUT2D eigenvalue weighted by Gasteiger charge is -2.20. The number of β-amino-alcohol motifs (C(OH)–C–C–N with tert-alkyl or cyclic N) is 1. The molecule has 0 bridgehead atoms. The fraction of sp³-hybridized carbons (Fsp3) is 0.421. The molecule has 28 heavy (non-hydrogen) atoms. The molecule has 0 aliphatic carbocycles. The first-order valence-corrected chi connectivity index (χ1v) is 10.4. The molecule has 0 spiro atoms. The lowest BCUT2D eigenvalue weighted by molar-refractivity contribution is 0.174. The Balaban J connectivity index is 1.72. The Kier molecular flexibility index (Phi) is 5.39. The van der Waals surface area contributed by atoms with Gasteiger partial charge in [0.2, 0.25) is 10.0 Å². The summed E-state index contributed by atoms with van der Waals surface area (Å²) in [5.74, 6) is 0.481. The number of nitriles is 1. The van der Waals surface area contributed by atoms with Crippen molar-refractivity contribution in [3.05, 3.63) is 47.7 Å². The summed E-state index contributed by atoms with van der Waals surface area (Å²) < 4.78 is 28.0.